The number of benzene rings is 1. The Morgan fingerprint density at radius 1 is 0.383 bits per heavy atom. The number of aliphatic hydroxyl groups excluding tert-OH is 2. The molecule has 0 saturated heterocycles. The summed E-state index contributed by atoms with van der Waals surface area (Å²) in [5.74, 6) is 0. The summed E-state index contributed by atoms with van der Waals surface area (Å²) in [5.41, 5.74) is 3.44. The molecule has 24 nitrogen and oxygen atoms in total. The monoisotopic (exact) mass is 1360 g/mol. The lowest BCUT2D eigenvalue weighted by molar-refractivity contribution is -0.110. The highest BCUT2D eigenvalue weighted by atomic mass is 32.1. The van der Waals surface area contributed by atoms with Crippen molar-refractivity contribution in [3.63, 3.8) is 0 Å². The van der Waals surface area contributed by atoms with Crippen molar-refractivity contribution >= 4 is 27.7 Å². The molecule has 0 saturated carbocycles. The topological polar surface area (TPSA) is 273 Å². The molecular formula is C69H121N5O19S. The van der Waals surface area contributed by atoms with Crippen LogP contribution in [0, 0.1) is 36.5 Å². The molecule has 0 spiro atoms. The minimum absolute atomic E-state index is 0.107. The predicted octanol–water partition coefficient (Wildman–Crippen LogP) is 10.2. The number of nitriles is 2. The number of nitrogens with zero attached hydrogens (tertiary/aromatic N) is 5. The second-order valence-corrected chi connectivity index (χ2v) is 26.1. The van der Waals surface area contributed by atoms with Crippen LogP contribution in [0.25, 0.3) is 0 Å². The van der Waals surface area contributed by atoms with Gasteiger partial charge in [-0.2, -0.15) is 10.5 Å². The summed E-state index contributed by atoms with van der Waals surface area (Å²) >= 11 is 1.15. The number of hydrogen-bond donors (Lipinski definition) is 2. The first kappa shape index (κ1) is 86.6. The van der Waals surface area contributed by atoms with Gasteiger partial charge in [-0.05, 0) is 161 Å². The number of thiophene rings is 1. The van der Waals surface area contributed by atoms with Gasteiger partial charge in [-0.25, -0.2) is 0 Å². The van der Waals surface area contributed by atoms with E-state index in [0.717, 1.165) is 22.6 Å². The standard InChI is InChI=1S/C69H121N5O19S/c1-46-26-65(20-21-67(46)72-73-69-66(27-70)64(19)68(28-71)94-69)74(22-24-77-31-49(4)81-35-53(8)85-39-57(12)89-43-61(16)91-41-59(14)87-37-55(10)83-33-51(6)79-29-47(2)75)23-25-78-32-50(5)82-36-54(9)86-40-58(13)90-44-62(17)93-45-63(18)92-42-60(15)88-38-56(11)84-34-52(7)80-30-48(3)76/h20-21,26,47-63,75-76H,22-25,29-45H2,1-19H3/b73-72+. The molecule has 0 aliphatic rings. The predicted molar refractivity (Wildman–Crippen MR) is 362 cm³/mol. The van der Waals surface area contributed by atoms with Crippen molar-refractivity contribution in [3.8, 4) is 12.1 Å². The molecule has 0 aliphatic carbocycles. The van der Waals surface area contributed by atoms with Crippen molar-refractivity contribution in [3.05, 3.63) is 39.8 Å². The van der Waals surface area contributed by atoms with Gasteiger partial charge >= 0.3 is 0 Å². The molecule has 94 heavy (non-hydrogen) atoms. The molecule has 1 aromatic carbocycles. The van der Waals surface area contributed by atoms with E-state index in [9.17, 15) is 20.7 Å². The van der Waals surface area contributed by atoms with Crippen LogP contribution in [-0.2, 0) is 80.5 Å². The van der Waals surface area contributed by atoms with Crippen molar-refractivity contribution < 1.29 is 90.7 Å². The third-order valence-corrected chi connectivity index (χ3v) is 15.2. The van der Waals surface area contributed by atoms with Gasteiger partial charge in [0.25, 0.3) is 0 Å². The minimum Gasteiger partial charge on any atom is -0.391 e. The first-order valence-electron chi connectivity index (χ1n) is 33.6. The average molecular weight is 1360 g/mol. The Labute approximate surface area is 567 Å². The summed E-state index contributed by atoms with van der Waals surface area (Å²) in [6.07, 6.45) is -3.10. The molecule has 2 aromatic rings. The van der Waals surface area contributed by atoms with Crippen molar-refractivity contribution in [2.75, 3.05) is 144 Å². The quantitative estimate of drug-likeness (QED) is 0.0460. The second-order valence-electron chi connectivity index (χ2n) is 25.1. The molecule has 2 N–H and O–H groups in total. The number of aryl methyl sites for hydroxylation is 1. The third kappa shape index (κ3) is 41.7. The summed E-state index contributed by atoms with van der Waals surface area (Å²) in [4.78, 5) is 2.64. The van der Waals surface area contributed by atoms with Crippen LogP contribution in [-0.4, -0.2) is 253 Å². The van der Waals surface area contributed by atoms with Crippen LogP contribution in [0.1, 0.15) is 139 Å². The maximum atomic E-state index is 9.73. The molecular weight excluding hydrogens is 1230 g/mol. The fourth-order valence-corrected chi connectivity index (χ4v) is 9.18. The number of hydrogen-bond acceptors (Lipinski definition) is 25. The Kier molecular flexibility index (Phi) is 46.8. The van der Waals surface area contributed by atoms with E-state index in [4.69, 9.17) is 80.5 Å². The lowest BCUT2D eigenvalue weighted by Crippen LogP contribution is -2.33. The van der Waals surface area contributed by atoms with Crippen molar-refractivity contribution in [1.29, 1.82) is 10.5 Å². The summed E-state index contributed by atoms with van der Waals surface area (Å²) < 4.78 is 101. The fraction of sp³-hybridized carbons (Fsp3) is 0.826. The van der Waals surface area contributed by atoms with Crippen molar-refractivity contribution in [1.82, 2.24) is 0 Å². The SMILES string of the molecule is Cc1cc(N(CCOCC(C)OCC(C)OCC(C)OCC(C)OCC(C)OCC(C)OCC(C)OCC(C)O)CCOCC(C)OCC(C)OCC(C)OCC(C)OCC(C)OCC(C)OCC(C)OCC(C)OCC(C)O)ccc1/N=N/c1sc(C#N)c(C)c1C#N. The largest absolute Gasteiger partial charge is 0.391 e. The van der Waals surface area contributed by atoms with Gasteiger partial charge in [-0.3, -0.25) is 0 Å². The minimum atomic E-state index is -0.511. The normalized spacial score (nSPS) is 17.6. The summed E-state index contributed by atoms with van der Waals surface area (Å²) in [6.45, 7) is 45.2. The fourth-order valence-electron chi connectivity index (χ4n) is 8.30. The van der Waals surface area contributed by atoms with Crippen molar-refractivity contribution in [2.24, 2.45) is 10.2 Å². The van der Waals surface area contributed by atoms with Gasteiger partial charge in [0.1, 0.15) is 17.0 Å². The van der Waals surface area contributed by atoms with Gasteiger partial charge < -0.3 is 95.6 Å². The zero-order valence-corrected chi connectivity index (χ0v) is 61.2. The highest BCUT2D eigenvalue weighted by molar-refractivity contribution is 7.16. The number of anilines is 1. The third-order valence-electron chi connectivity index (χ3n) is 14.1. The lowest BCUT2D eigenvalue weighted by Gasteiger charge is -2.26. The lowest BCUT2D eigenvalue weighted by atomic mass is 10.1. The van der Waals surface area contributed by atoms with E-state index < -0.39 is 12.2 Å². The Morgan fingerprint density at radius 3 is 0.894 bits per heavy atom. The molecule has 542 valence electrons. The molecule has 1 heterocycles. The maximum Gasteiger partial charge on any atom is 0.158 e. The van der Waals surface area contributed by atoms with Crippen molar-refractivity contribution in [2.45, 2.75) is 235 Å². The maximum absolute atomic E-state index is 9.73. The van der Waals surface area contributed by atoms with E-state index in [2.05, 4.69) is 27.3 Å². The Balaban J connectivity index is 1.77. The first-order chi connectivity index (χ1) is 44.7. The number of ether oxygens (including phenoxy) is 17. The van der Waals surface area contributed by atoms with E-state index in [1.165, 1.54) is 0 Å². The van der Waals surface area contributed by atoms with Gasteiger partial charge in [0.2, 0.25) is 0 Å². The van der Waals surface area contributed by atoms with Gasteiger partial charge in [0, 0.05) is 18.8 Å². The van der Waals surface area contributed by atoms with E-state index in [0.29, 0.717) is 152 Å². The number of aliphatic hydroxyl groups is 2. The molecule has 17 atom stereocenters. The first-order valence-corrected chi connectivity index (χ1v) is 34.5. The molecule has 0 fully saturated rings. The molecule has 17 unspecified atom stereocenters. The molecule has 0 aliphatic heterocycles. The van der Waals surface area contributed by atoms with Gasteiger partial charge in [-0.15, -0.1) is 21.6 Å². The molecule has 1 aromatic heterocycles. The van der Waals surface area contributed by atoms with Crippen LogP contribution < -0.4 is 4.90 Å². The average Bonchev–Trinajstić information content (AvgIpc) is 1.68. The van der Waals surface area contributed by atoms with E-state index in [1.807, 2.05) is 129 Å². The molecule has 0 bridgehead atoms. The Hall–Kier alpha value is -3.46. The molecule has 0 radical (unpaired) electrons. The van der Waals surface area contributed by atoms with Crippen LogP contribution in [0.5, 0.6) is 0 Å². The molecule has 25 heteroatoms. The van der Waals surface area contributed by atoms with Gasteiger partial charge in [0.05, 0.1) is 241 Å². The summed E-state index contributed by atoms with van der Waals surface area (Å²) in [5, 5.41) is 47.3. The van der Waals surface area contributed by atoms with Gasteiger partial charge in [-0.1, -0.05) is 0 Å². The van der Waals surface area contributed by atoms with Crippen LogP contribution in [0.4, 0.5) is 16.4 Å². The van der Waals surface area contributed by atoms with Crippen LogP contribution >= 0.6 is 11.3 Å². The second kappa shape index (κ2) is 50.8. The number of azo groups is 1. The van der Waals surface area contributed by atoms with E-state index >= 15 is 0 Å². The van der Waals surface area contributed by atoms with Crippen LogP contribution in [0.2, 0.25) is 0 Å². The smallest absolute Gasteiger partial charge is 0.158 e. The Morgan fingerprint density at radius 2 is 0.649 bits per heavy atom. The number of rotatable bonds is 58. The summed E-state index contributed by atoms with van der Waals surface area (Å²) in [7, 11) is 0. The zero-order chi connectivity index (χ0) is 70.0. The van der Waals surface area contributed by atoms with Crippen LogP contribution in [0.3, 0.4) is 0 Å². The van der Waals surface area contributed by atoms with E-state index in [1.54, 1.807) is 20.8 Å². The highest BCUT2D eigenvalue weighted by Crippen LogP contribution is 2.36. The molecule has 2 rings (SSSR count). The highest BCUT2D eigenvalue weighted by Gasteiger charge is 2.20. The van der Waals surface area contributed by atoms with Gasteiger partial charge in [0.15, 0.2) is 5.00 Å². The molecule has 0 amide bonds. The van der Waals surface area contributed by atoms with E-state index in [-0.39, 0.29) is 105 Å². The zero-order valence-electron chi connectivity index (χ0n) is 60.4. The summed E-state index contributed by atoms with van der Waals surface area (Å²) in [6, 6.07) is 10.2. The Bertz CT molecular complexity index is 2360. The van der Waals surface area contributed by atoms with Crippen LogP contribution in [0.15, 0.2) is 28.4 Å².